The third-order valence-corrected chi connectivity index (χ3v) is 3.21. The maximum atomic E-state index is 12.2. The second-order valence-corrected chi connectivity index (χ2v) is 4.80. The van der Waals surface area contributed by atoms with E-state index in [1.807, 2.05) is 18.2 Å². The van der Waals surface area contributed by atoms with Crippen molar-refractivity contribution < 1.29 is 4.79 Å². The zero-order valence-corrected chi connectivity index (χ0v) is 11.8. The molecular formula is C16H25NO. The van der Waals surface area contributed by atoms with Gasteiger partial charge in [-0.3, -0.25) is 4.79 Å². The normalized spacial score (nSPS) is 10.7. The Morgan fingerprint density at radius 2 is 1.83 bits per heavy atom. The highest BCUT2D eigenvalue weighted by atomic mass is 16.1. The van der Waals surface area contributed by atoms with E-state index in [9.17, 15) is 4.79 Å². The molecule has 2 nitrogen and oxygen atoms in total. The number of rotatable bonds is 7. The second kappa shape index (κ2) is 7.91. The minimum atomic E-state index is 0.0669. The summed E-state index contributed by atoms with van der Waals surface area (Å²) in [6.07, 6.45) is 5.31. The second-order valence-electron chi connectivity index (χ2n) is 4.80. The molecule has 1 aromatic carbocycles. The first-order chi connectivity index (χ1) is 8.71. The summed E-state index contributed by atoms with van der Waals surface area (Å²) >= 11 is 0. The van der Waals surface area contributed by atoms with Crippen molar-refractivity contribution in [3.8, 4) is 0 Å². The molecule has 0 saturated heterocycles. The first-order valence-corrected chi connectivity index (χ1v) is 7.11. The van der Waals surface area contributed by atoms with Crippen LogP contribution in [0.2, 0.25) is 0 Å². The van der Waals surface area contributed by atoms with Crippen LogP contribution in [-0.2, 0) is 6.42 Å². The maximum absolute atomic E-state index is 12.2. The van der Waals surface area contributed by atoms with Crippen molar-refractivity contribution in [2.45, 2.75) is 58.9 Å². The van der Waals surface area contributed by atoms with Gasteiger partial charge in [0.25, 0.3) is 5.91 Å². The summed E-state index contributed by atoms with van der Waals surface area (Å²) < 4.78 is 0. The number of aryl methyl sites for hydroxylation is 1. The van der Waals surface area contributed by atoms with E-state index in [-0.39, 0.29) is 5.91 Å². The molecule has 0 radical (unpaired) electrons. The molecule has 18 heavy (non-hydrogen) atoms. The van der Waals surface area contributed by atoms with Gasteiger partial charge in [-0.05, 0) is 37.0 Å². The minimum absolute atomic E-state index is 0.0669. The molecule has 0 spiro atoms. The van der Waals surface area contributed by atoms with Crippen molar-refractivity contribution in [2.75, 3.05) is 0 Å². The molecule has 0 aliphatic carbocycles. The monoisotopic (exact) mass is 247 g/mol. The number of benzene rings is 1. The smallest absolute Gasteiger partial charge is 0.251 e. The summed E-state index contributed by atoms with van der Waals surface area (Å²) in [5.74, 6) is 0.0669. The van der Waals surface area contributed by atoms with Gasteiger partial charge in [-0.15, -0.1) is 0 Å². The third-order valence-electron chi connectivity index (χ3n) is 3.21. The molecule has 0 aliphatic heterocycles. The van der Waals surface area contributed by atoms with Crippen LogP contribution in [0.1, 0.15) is 62.4 Å². The number of hydrogen-bond acceptors (Lipinski definition) is 1. The Bertz CT molecular complexity index is 367. The lowest BCUT2D eigenvalue weighted by Crippen LogP contribution is -2.34. The predicted octanol–water partition coefficient (Wildman–Crippen LogP) is 3.95. The Kier molecular flexibility index (Phi) is 6.48. The quantitative estimate of drug-likeness (QED) is 0.776. The third kappa shape index (κ3) is 4.52. The largest absolute Gasteiger partial charge is 0.349 e. The lowest BCUT2D eigenvalue weighted by atomic mass is 10.0. The number of nitrogens with one attached hydrogen (secondary N) is 1. The molecule has 0 aromatic heterocycles. The summed E-state index contributed by atoms with van der Waals surface area (Å²) in [6, 6.07) is 8.22. The van der Waals surface area contributed by atoms with Crippen molar-refractivity contribution in [1.29, 1.82) is 0 Å². The Morgan fingerprint density at radius 3 is 2.39 bits per heavy atom. The van der Waals surface area contributed by atoms with Crippen molar-refractivity contribution in [3.05, 3.63) is 35.4 Å². The summed E-state index contributed by atoms with van der Waals surface area (Å²) in [5.41, 5.74) is 2.00. The molecule has 1 aromatic rings. The van der Waals surface area contributed by atoms with Gasteiger partial charge in [0.1, 0.15) is 0 Å². The van der Waals surface area contributed by atoms with Crippen LogP contribution in [0.5, 0.6) is 0 Å². The van der Waals surface area contributed by atoms with E-state index in [2.05, 4.69) is 32.2 Å². The lowest BCUT2D eigenvalue weighted by molar-refractivity contribution is 0.0932. The molecule has 2 heteroatoms. The average molecular weight is 247 g/mol. The predicted molar refractivity (Wildman–Crippen MR) is 76.9 cm³/mol. The van der Waals surface area contributed by atoms with E-state index < -0.39 is 0 Å². The van der Waals surface area contributed by atoms with Crippen LogP contribution in [0.4, 0.5) is 0 Å². The number of hydrogen-bond donors (Lipinski definition) is 1. The van der Waals surface area contributed by atoms with Crippen molar-refractivity contribution in [3.63, 3.8) is 0 Å². The van der Waals surface area contributed by atoms with Crippen molar-refractivity contribution in [1.82, 2.24) is 5.32 Å². The average Bonchev–Trinajstić information content (AvgIpc) is 2.39. The van der Waals surface area contributed by atoms with Crippen LogP contribution in [-0.4, -0.2) is 11.9 Å². The summed E-state index contributed by atoms with van der Waals surface area (Å²) in [4.78, 5) is 12.2. The van der Waals surface area contributed by atoms with Gasteiger partial charge in [0.15, 0.2) is 0 Å². The van der Waals surface area contributed by atoms with Gasteiger partial charge >= 0.3 is 0 Å². The van der Waals surface area contributed by atoms with Crippen LogP contribution in [0, 0.1) is 0 Å². The zero-order valence-electron chi connectivity index (χ0n) is 11.8. The molecule has 0 atom stereocenters. The van der Waals surface area contributed by atoms with E-state index in [0.717, 1.165) is 37.7 Å². The molecular weight excluding hydrogens is 222 g/mol. The van der Waals surface area contributed by atoms with Gasteiger partial charge in [0.05, 0.1) is 0 Å². The fraction of sp³-hybridized carbons (Fsp3) is 0.562. The van der Waals surface area contributed by atoms with Gasteiger partial charge in [-0.1, -0.05) is 45.7 Å². The van der Waals surface area contributed by atoms with Crippen LogP contribution in [0.3, 0.4) is 0 Å². The summed E-state index contributed by atoms with van der Waals surface area (Å²) in [5, 5.41) is 3.15. The lowest BCUT2D eigenvalue weighted by Gasteiger charge is -2.17. The van der Waals surface area contributed by atoms with Crippen molar-refractivity contribution >= 4 is 5.91 Å². The topological polar surface area (TPSA) is 29.1 Å². The molecule has 0 saturated carbocycles. The van der Waals surface area contributed by atoms with E-state index in [0.29, 0.717) is 6.04 Å². The molecule has 0 fully saturated rings. The molecule has 0 unspecified atom stereocenters. The first kappa shape index (κ1) is 14.7. The zero-order chi connectivity index (χ0) is 13.4. The molecule has 1 N–H and O–H groups in total. The summed E-state index contributed by atoms with van der Waals surface area (Å²) in [6.45, 7) is 6.42. The Balaban J connectivity index is 2.67. The summed E-state index contributed by atoms with van der Waals surface area (Å²) in [7, 11) is 0. The highest BCUT2D eigenvalue weighted by Gasteiger charge is 2.12. The van der Waals surface area contributed by atoms with Gasteiger partial charge in [-0.2, -0.15) is 0 Å². The van der Waals surface area contributed by atoms with E-state index >= 15 is 0 Å². The highest BCUT2D eigenvalue weighted by molar-refractivity contribution is 5.94. The SMILES string of the molecule is CCCC(CCC)NC(=O)c1cccc(CC)c1. The standard InChI is InChI=1S/C16H25NO/c1-4-8-15(9-5-2)17-16(18)14-11-7-10-13(6-3)12-14/h7,10-12,15H,4-6,8-9H2,1-3H3,(H,17,18). The maximum Gasteiger partial charge on any atom is 0.251 e. The number of amides is 1. The molecule has 0 bridgehead atoms. The van der Waals surface area contributed by atoms with Gasteiger partial charge < -0.3 is 5.32 Å². The molecule has 100 valence electrons. The molecule has 0 heterocycles. The minimum Gasteiger partial charge on any atom is -0.349 e. The van der Waals surface area contributed by atoms with E-state index in [1.54, 1.807) is 0 Å². The van der Waals surface area contributed by atoms with Gasteiger partial charge in [-0.25, -0.2) is 0 Å². The fourth-order valence-corrected chi connectivity index (χ4v) is 2.19. The van der Waals surface area contributed by atoms with E-state index in [1.165, 1.54) is 5.56 Å². The van der Waals surface area contributed by atoms with Gasteiger partial charge in [0, 0.05) is 11.6 Å². The Hall–Kier alpha value is -1.31. The Labute approximate surface area is 111 Å². The number of carbonyl (C=O) groups is 1. The van der Waals surface area contributed by atoms with Crippen LogP contribution in [0.25, 0.3) is 0 Å². The fourth-order valence-electron chi connectivity index (χ4n) is 2.19. The molecule has 1 amide bonds. The van der Waals surface area contributed by atoms with Crippen molar-refractivity contribution in [2.24, 2.45) is 0 Å². The Morgan fingerprint density at radius 1 is 1.17 bits per heavy atom. The molecule has 1 rings (SSSR count). The highest BCUT2D eigenvalue weighted by Crippen LogP contribution is 2.09. The number of carbonyl (C=O) groups excluding carboxylic acids is 1. The van der Waals surface area contributed by atoms with Crippen LogP contribution in [0.15, 0.2) is 24.3 Å². The van der Waals surface area contributed by atoms with Crippen LogP contribution >= 0.6 is 0 Å². The van der Waals surface area contributed by atoms with Gasteiger partial charge in [0.2, 0.25) is 0 Å². The van der Waals surface area contributed by atoms with Crippen LogP contribution < -0.4 is 5.32 Å². The van der Waals surface area contributed by atoms with E-state index in [4.69, 9.17) is 0 Å². The molecule has 0 aliphatic rings. The first-order valence-electron chi connectivity index (χ1n) is 7.11.